The molecule has 1 saturated carbocycles. The van der Waals surface area contributed by atoms with E-state index in [0.717, 1.165) is 37.9 Å². The van der Waals surface area contributed by atoms with Gasteiger partial charge in [-0.2, -0.15) is 0 Å². The Balaban J connectivity index is 1.98. The summed E-state index contributed by atoms with van der Waals surface area (Å²) in [6.45, 7) is 0.663. The first-order chi connectivity index (χ1) is 8.29. The van der Waals surface area contributed by atoms with Crippen LogP contribution in [0.3, 0.4) is 0 Å². The average molecular weight is 234 g/mol. The molecule has 1 aromatic carbocycles. The summed E-state index contributed by atoms with van der Waals surface area (Å²) in [4.78, 5) is 0. The molecule has 94 valence electrons. The summed E-state index contributed by atoms with van der Waals surface area (Å²) in [5.74, 6) is 0.999. The molecule has 0 atom stereocenters. The van der Waals surface area contributed by atoms with Gasteiger partial charge < -0.3 is 16.2 Å². The highest BCUT2D eigenvalue weighted by Crippen LogP contribution is 2.25. The number of hydrogen-bond donors (Lipinski definition) is 2. The summed E-state index contributed by atoms with van der Waals surface area (Å²) < 4.78 is 6.08. The minimum atomic E-state index is 0.328. The largest absolute Gasteiger partial charge is 0.490 e. The number of ether oxygens (including phenoxy) is 1. The predicted octanol–water partition coefficient (Wildman–Crippen LogP) is 1.84. The average Bonchev–Trinajstić information content (AvgIpc) is 2.35. The van der Waals surface area contributed by atoms with Gasteiger partial charge in [-0.05, 0) is 50.3 Å². The highest BCUT2D eigenvalue weighted by atomic mass is 16.5. The SMILES string of the molecule is NCCc1ccccc1OC1CCC(N)CC1. The Labute approximate surface area is 103 Å². The van der Waals surface area contributed by atoms with Crippen LogP contribution in [0.5, 0.6) is 5.75 Å². The van der Waals surface area contributed by atoms with Gasteiger partial charge in [-0.25, -0.2) is 0 Å². The fourth-order valence-electron chi connectivity index (χ4n) is 2.37. The van der Waals surface area contributed by atoms with Crippen molar-refractivity contribution in [2.24, 2.45) is 11.5 Å². The van der Waals surface area contributed by atoms with Gasteiger partial charge in [0, 0.05) is 6.04 Å². The van der Waals surface area contributed by atoms with Crippen molar-refractivity contribution in [1.82, 2.24) is 0 Å². The van der Waals surface area contributed by atoms with E-state index in [1.807, 2.05) is 18.2 Å². The van der Waals surface area contributed by atoms with Crippen LogP contribution >= 0.6 is 0 Å². The molecule has 0 radical (unpaired) electrons. The maximum Gasteiger partial charge on any atom is 0.122 e. The lowest BCUT2D eigenvalue weighted by molar-refractivity contribution is 0.146. The van der Waals surface area contributed by atoms with Crippen molar-refractivity contribution in [2.75, 3.05) is 6.54 Å². The molecule has 17 heavy (non-hydrogen) atoms. The Hall–Kier alpha value is -1.06. The maximum atomic E-state index is 6.08. The van der Waals surface area contributed by atoms with Crippen LogP contribution in [0.4, 0.5) is 0 Å². The zero-order valence-corrected chi connectivity index (χ0v) is 10.3. The first kappa shape index (κ1) is 12.4. The van der Waals surface area contributed by atoms with E-state index in [1.54, 1.807) is 0 Å². The van der Waals surface area contributed by atoms with Gasteiger partial charge >= 0.3 is 0 Å². The molecule has 0 saturated heterocycles. The first-order valence-corrected chi connectivity index (χ1v) is 6.50. The van der Waals surface area contributed by atoms with E-state index >= 15 is 0 Å². The quantitative estimate of drug-likeness (QED) is 0.835. The summed E-state index contributed by atoms with van der Waals surface area (Å²) in [7, 11) is 0. The zero-order valence-electron chi connectivity index (χ0n) is 10.3. The number of benzene rings is 1. The van der Waals surface area contributed by atoms with E-state index in [2.05, 4.69) is 6.07 Å². The van der Waals surface area contributed by atoms with Gasteiger partial charge in [0.15, 0.2) is 0 Å². The molecule has 0 aliphatic heterocycles. The Morgan fingerprint density at radius 1 is 1.12 bits per heavy atom. The molecule has 0 spiro atoms. The van der Waals surface area contributed by atoms with E-state index in [4.69, 9.17) is 16.2 Å². The molecule has 0 heterocycles. The van der Waals surface area contributed by atoms with Crippen LogP contribution in [-0.2, 0) is 6.42 Å². The molecule has 1 aliphatic carbocycles. The van der Waals surface area contributed by atoms with Crippen molar-refractivity contribution in [3.8, 4) is 5.75 Å². The first-order valence-electron chi connectivity index (χ1n) is 6.50. The van der Waals surface area contributed by atoms with Crippen molar-refractivity contribution in [1.29, 1.82) is 0 Å². The lowest BCUT2D eigenvalue weighted by Gasteiger charge is -2.27. The third-order valence-corrected chi connectivity index (χ3v) is 3.40. The summed E-state index contributed by atoms with van der Waals surface area (Å²) in [6, 6.07) is 8.56. The number of hydrogen-bond acceptors (Lipinski definition) is 3. The second-order valence-corrected chi connectivity index (χ2v) is 4.80. The molecule has 1 aromatic rings. The predicted molar refractivity (Wildman–Crippen MR) is 70.1 cm³/mol. The molecule has 2 rings (SSSR count). The van der Waals surface area contributed by atoms with Crippen molar-refractivity contribution >= 4 is 0 Å². The molecule has 4 N–H and O–H groups in total. The highest BCUT2D eigenvalue weighted by Gasteiger charge is 2.20. The molecule has 0 aromatic heterocycles. The van der Waals surface area contributed by atoms with Crippen LogP contribution in [0.25, 0.3) is 0 Å². The third-order valence-electron chi connectivity index (χ3n) is 3.40. The molecule has 0 amide bonds. The smallest absolute Gasteiger partial charge is 0.122 e. The molecule has 0 unspecified atom stereocenters. The van der Waals surface area contributed by atoms with Crippen LogP contribution in [0.1, 0.15) is 31.2 Å². The zero-order chi connectivity index (χ0) is 12.1. The summed E-state index contributed by atoms with van der Waals surface area (Å²) in [5, 5.41) is 0. The standard InChI is InChI=1S/C14H22N2O/c15-10-9-11-3-1-2-4-14(11)17-13-7-5-12(16)6-8-13/h1-4,12-13H,5-10,15-16H2. The van der Waals surface area contributed by atoms with E-state index in [9.17, 15) is 0 Å². The molecule has 1 aliphatic rings. The van der Waals surface area contributed by atoms with E-state index in [0.29, 0.717) is 18.7 Å². The minimum absolute atomic E-state index is 0.328. The minimum Gasteiger partial charge on any atom is -0.490 e. The van der Waals surface area contributed by atoms with Crippen LogP contribution in [0, 0.1) is 0 Å². The number of rotatable bonds is 4. The Kier molecular flexibility index (Phi) is 4.40. The molecule has 3 heteroatoms. The van der Waals surface area contributed by atoms with Crippen LogP contribution < -0.4 is 16.2 Å². The maximum absolute atomic E-state index is 6.08. The highest BCUT2D eigenvalue weighted by molar-refractivity contribution is 5.33. The Morgan fingerprint density at radius 2 is 1.82 bits per heavy atom. The van der Waals surface area contributed by atoms with Gasteiger partial charge in [0.05, 0.1) is 6.10 Å². The van der Waals surface area contributed by atoms with Gasteiger partial charge in [0.25, 0.3) is 0 Å². The molecule has 1 fully saturated rings. The van der Waals surface area contributed by atoms with Gasteiger partial charge in [-0.3, -0.25) is 0 Å². The second-order valence-electron chi connectivity index (χ2n) is 4.80. The summed E-state index contributed by atoms with van der Waals surface area (Å²) in [6.07, 6.45) is 5.49. The number of nitrogens with two attached hydrogens (primary N) is 2. The van der Waals surface area contributed by atoms with Crippen molar-refractivity contribution in [3.05, 3.63) is 29.8 Å². The van der Waals surface area contributed by atoms with Crippen molar-refractivity contribution < 1.29 is 4.74 Å². The van der Waals surface area contributed by atoms with E-state index in [1.165, 1.54) is 5.56 Å². The summed E-state index contributed by atoms with van der Waals surface area (Å²) >= 11 is 0. The second kappa shape index (κ2) is 6.03. The normalized spacial score (nSPS) is 24.6. The Morgan fingerprint density at radius 3 is 2.53 bits per heavy atom. The van der Waals surface area contributed by atoms with Gasteiger partial charge in [0.2, 0.25) is 0 Å². The van der Waals surface area contributed by atoms with Gasteiger partial charge in [-0.1, -0.05) is 18.2 Å². The lowest BCUT2D eigenvalue weighted by Crippen LogP contribution is -2.31. The van der Waals surface area contributed by atoms with Crippen molar-refractivity contribution in [3.63, 3.8) is 0 Å². The number of para-hydroxylation sites is 1. The monoisotopic (exact) mass is 234 g/mol. The van der Waals surface area contributed by atoms with Crippen LogP contribution in [-0.4, -0.2) is 18.7 Å². The van der Waals surface area contributed by atoms with Crippen molar-refractivity contribution in [2.45, 2.75) is 44.2 Å². The van der Waals surface area contributed by atoms with Crippen LogP contribution in [0.15, 0.2) is 24.3 Å². The Bertz CT molecular complexity index is 346. The topological polar surface area (TPSA) is 61.3 Å². The third kappa shape index (κ3) is 3.45. The van der Waals surface area contributed by atoms with E-state index < -0.39 is 0 Å². The fourth-order valence-corrected chi connectivity index (χ4v) is 2.37. The molecular weight excluding hydrogens is 212 g/mol. The van der Waals surface area contributed by atoms with E-state index in [-0.39, 0.29) is 0 Å². The molecular formula is C14H22N2O. The lowest BCUT2D eigenvalue weighted by atomic mass is 9.93. The molecule has 3 nitrogen and oxygen atoms in total. The van der Waals surface area contributed by atoms with Gasteiger partial charge in [-0.15, -0.1) is 0 Å². The van der Waals surface area contributed by atoms with Crippen LogP contribution in [0.2, 0.25) is 0 Å². The fraction of sp³-hybridized carbons (Fsp3) is 0.571. The summed E-state index contributed by atoms with van der Waals surface area (Å²) in [5.41, 5.74) is 12.7. The van der Waals surface area contributed by atoms with Gasteiger partial charge in [0.1, 0.15) is 5.75 Å². The molecule has 0 bridgehead atoms.